The zero-order chi connectivity index (χ0) is 47.6. The van der Waals surface area contributed by atoms with Crippen LogP contribution in [0.5, 0.6) is 17.2 Å². The number of aryl methyl sites for hydroxylation is 1. The summed E-state index contributed by atoms with van der Waals surface area (Å²) in [4.78, 5) is 18.2. The molecule has 0 saturated heterocycles. The second-order valence-corrected chi connectivity index (χ2v) is 22.9. The van der Waals surface area contributed by atoms with Crippen LogP contribution in [0.4, 0.5) is 0 Å². The topological polar surface area (TPSA) is 215 Å². The van der Waals surface area contributed by atoms with Crippen LogP contribution in [0.2, 0.25) is 0 Å². The third kappa shape index (κ3) is 10.2. The van der Waals surface area contributed by atoms with Crippen LogP contribution in [0.1, 0.15) is 134 Å². The van der Waals surface area contributed by atoms with E-state index >= 15 is 0 Å². The summed E-state index contributed by atoms with van der Waals surface area (Å²) < 4.78 is 6.17. The number of ketones is 1. The maximum atomic E-state index is 14.2. The Morgan fingerprint density at radius 2 is 1.75 bits per heavy atom. The van der Waals surface area contributed by atoms with Crippen LogP contribution in [0, 0.1) is 34.0 Å². The Bertz CT molecular complexity index is 2590. The van der Waals surface area contributed by atoms with Gasteiger partial charge in [0.1, 0.15) is 5.75 Å². The lowest BCUT2D eigenvalue weighted by molar-refractivity contribution is -0.307. The smallest absolute Gasteiger partial charge is 0.161 e. The Kier molecular flexibility index (Phi) is 14.6. The average Bonchev–Trinajstić information content (AvgIpc) is 4.05. The van der Waals surface area contributed by atoms with Crippen molar-refractivity contribution in [2.45, 2.75) is 126 Å². The van der Waals surface area contributed by atoms with E-state index in [1.54, 1.807) is 64.2 Å². The van der Waals surface area contributed by atoms with Crippen molar-refractivity contribution in [3.63, 3.8) is 0 Å². The van der Waals surface area contributed by atoms with E-state index in [2.05, 4.69) is 29.0 Å². The zero-order valence-corrected chi connectivity index (χ0v) is 40.3. The van der Waals surface area contributed by atoms with Crippen molar-refractivity contribution in [2.24, 2.45) is 38.6 Å². The summed E-state index contributed by atoms with van der Waals surface area (Å²) in [5.41, 5.74) is 18.6. The molecule has 6 atom stereocenters. The molecular weight excluding hydrogens is 895 g/mol. The lowest BCUT2D eigenvalue weighted by atomic mass is 9.58. The molecule has 3 saturated carbocycles. The number of aliphatic imine (C=N–C) groups is 1. The van der Waals surface area contributed by atoms with Gasteiger partial charge >= 0.3 is 0 Å². The Balaban J connectivity index is 1.09. The van der Waals surface area contributed by atoms with E-state index in [-0.39, 0.29) is 65.8 Å². The highest BCUT2D eigenvalue weighted by Crippen LogP contribution is 2.66. The molecule has 0 spiro atoms. The largest absolute Gasteiger partial charge is 0.875 e. The van der Waals surface area contributed by atoms with E-state index < -0.39 is 29.7 Å². The number of aliphatic hydroxyl groups excluding tert-OH is 3. The summed E-state index contributed by atoms with van der Waals surface area (Å²) in [7, 11) is 3.40. The molecule has 13 heteroatoms. The predicted molar refractivity (Wildman–Crippen MR) is 267 cm³/mol. The molecule has 0 radical (unpaired) electrons. The number of carbonyl (C=O) groups excluding carboxylic acids is 1. The molecule has 6 aliphatic rings. The van der Waals surface area contributed by atoms with E-state index in [0.717, 1.165) is 79.2 Å². The van der Waals surface area contributed by atoms with E-state index in [4.69, 9.17) is 16.2 Å². The number of allylic oxidation sites excluding steroid dienone is 5. The van der Waals surface area contributed by atoms with Crippen molar-refractivity contribution in [3.05, 3.63) is 123 Å². The number of fused-ring (bicyclic) bond motifs is 7. The minimum atomic E-state index is -0.809. The molecule has 2 aliphatic heterocycles. The second-order valence-electron chi connectivity index (χ2n) is 20.4. The molecule has 68 heavy (non-hydrogen) atoms. The monoisotopic (exact) mass is 958 g/mol. The first-order valence-electron chi connectivity index (χ1n) is 24.3. The lowest BCUT2D eigenvalue weighted by Gasteiger charge is -2.47. The molecule has 11 nitrogen and oxygen atoms in total. The Labute approximate surface area is 407 Å². The Morgan fingerprint density at radius 3 is 2.54 bits per heavy atom. The van der Waals surface area contributed by atoms with Crippen molar-refractivity contribution in [1.82, 2.24) is 0 Å². The predicted octanol–water partition coefficient (Wildman–Crippen LogP) is 7.68. The number of nitrogens with two attached hydrogens (primary N) is 2. The molecule has 4 aliphatic carbocycles. The molecule has 8 bridgehead atoms. The minimum Gasteiger partial charge on any atom is -0.875 e. The van der Waals surface area contributed by atoms with Crippen LogP contribution in [0.15, 0.2) is 89.3 Å². The first-order valence-corrected chi connectivity index (χ1v) is 26.8. The maximum Gasteiger partial charge on any atom is 0.161 e. The number of phenolic OH excluding ortho intramolecular Hbond substituents is 2. The van der Waals surface area contributed by atoms with Crippen LogP contribution < -0.4 is 21.3 Å². The number of rotatable bonds is 6. The van der Waals surface area contributed by atoms with Crippen molar-refractivity contribution in [2.75, 3.05) is 19.0 Å². The van der Waals surface area contributed by atoms with Gasteiger partial charge in [-0.25, -0.2) is 0 Å². The van der Waals surface area contributed by atoms with Crippen molar-refractivity contribution < 1.29 is 40.2 Å². The van der Waals surface area contributed by atoms with Gasteiger partial charge in [-0.2, -0.15) is 0 Å². The summed E-state index contributed by atoms with van der Waals surface area (Å²) in [6.45, 7) is -0.0498. The highest BCUT2D eigenvalue weighted by atomic mass is 33.1. The second kappa shape index (κ2) is 20.4. The van der Waals surface area contributed by atoms with Crippen LogP contribution in [-0.4, -0.2) is 68.2 Å². The Morgan fingerprint density at radius 1 is 0.956 bits per heavy atom. The molecule has 0 unspecified atom stereocenters. The van der Waals surface area contributed by atoms with Gasteiger partial charge in [0, 0.05) is 53.0 Å². The molecule has 0 amide bonds. The van der Waals surface area contributed by atoms with Gasteiger partial charge in [0.25, 0.3) is 0 Å². The fourth-order valence-electron chi connectivity index (χ4n) is 12.4. The van der Waals surface area contributed by atoms with Crippen molar-refractivity contribution in [1.29, 1.82) is 0 Å². The molecule has 0 aromatic heterocycles. The average molecular weight is 959 g/mol. The van der Waals surface area contributed by atoms with Crippen molar-refractivity contribution >= 4 is 33.1 Å². The number of aromatic hydroxyl groups is 2. The zero-order valence-electron chi connectivity index (χ0n) is 38.6. The number of hydrogen-bond acceptors (Lipinski definition) is 13. The number of benzene rings is 3. The molecule has 3 aromatic rings. The molecule has 9 N–H and O–H groups in total. The summed E-state index contributed by atoms with van der Waals surface area (Å²) in [6.07, 6.45) is 15.2. The van der Waals surface area contributed by atoms with Crippen LogP contribution in [-0.2, 0) is 23.4 Å². The van der Waals surface area contributed by atoms with Gasteiger partial charge in [-0.05, 0) is 151 Å². The SMILES string of the molecule is NC(N)c1cc2c3cc1CSSC[C@]14CC[C@@H](CC5(C[C@H](O)CO)CCCC5)[C@](/C=C/C(=O)CCc5ccc(O)c(c5)OCCc5ccc(O)c(c5)[C@H]3CC([O-])=C3C=CN=C3CC#C2)(C[C@@H]1O)C4. The maximum absolute atomic E-state index is 14.2. The number of phenols is 2. The molecule has 2 heterocycles. The summed E-state index contributed by atoms with van der Waals surface area (Å²) >= 11 is 0. The molecule has 9 rings (SSSR count). The van der Waals surface area contributed by atoms with Crippen molar-refractivity contribution in [3.8, 4) is 29.1 Å². The van der Waals surface area contributed by atoms with Gasteiger partial charge in [0.05, 0.1) is 43.7 Å². The standard InChI is InChI=1S/C55H65N3O8S2/c56-52(57)43-24-36-4-3-5-46-41(14-20-58-46)49(64)26-44-42(36)25-37(43)31-67-68-33-55-18-12-38(27-53(16-1-2-17-53)28-40(61)30-59)54(32-55,29-51(55)65)19-13-39(60)9-6-34-8-11-48(63)50(23-34)66-21-15-35-7-10-47(62)45(44)22-35/h7-8,10-11,13-14,19-20,22-25,38,40,44,51-52,59,61-65H,1-2,5-6,9,12,15-18,21,26-33,56-57H2/p-1/b19-13+,49-41?/t38-,40-,44-,51-,54+,55+/m0/s1. The van der Waals surface area contributed by atoms with Gasteiger partial charge in [-0.3, -0.25) is 9.79 Å². The quantitative estimate of drug-likeness (QED) is 0.0720. The molecule has 360 valence electrons. The minimum absolute atomic E-state index is 0.00475. The summed E-state index contributed by atoms with van der Waals surface area (Å²) in [5.74, 6) is 7.69. The summed E-state index contributed by atoms with van der Waals surface area (Å²) in [5, 5.41) is 69.5. The number of aliphatic hydroxyl groups is 3. The van der Waals surface area contributed by atoms with Gasteiger partial charge in [0.15, 0.2) is 17.3 Å². The van der Waals surface area contributed by atoms with Gasteiger partial charge in [-0.15, -0.1) is 5.76 Å². The lowest BCUT2D eigenvalue weighted by Crippen LogP contribution is -2.40. The Hall–Kier alpha value is -4.52. The fourth-order valence-corrected chi connectivity index (χ4v) is 15.2. The van der Waals surface area contributed by atoms with Crippen LogP contribution in [0.3, 0.4) is 0 Å². The van der Waals surface area contributed by atoms with Gasteiger partial charge in [-0.1, -0.05) is 76.6 Å². The molecule has 3 aromatic carbocycles. The number of hydrogen-bond donors (Lipinski definition) is 7. The highest BCUT2D eigenvalue weighted by Gasteiger charge is 2.60. The van der Waals surface area contributed by atoms with E-state index in [1.165, 1.54) is 0 Å². The van der Waals surface area contributed by atoms with Crippen LogP contribution >= 0.6 is 21.6 Å². The van der Waals surface area contributed by atoms with E-state index in [1.807, 2.05) is 18.2 Å². The van der Waals surface area contributed by atoms with E-state index in [0.29, 0.717) is 71.8 Å². The summed E-state index contributed by atoms with van der Waals surface area (Å²) in [6, 6.07) is 14.6. The fraction of sp³-hybridized carbons (Fsp3) is 0.491. The van der Waals surface area contributed by atoms with Gasteiger partial charge in [0.2, 0.25) is 0 Å². The van der Waals surface area contributed by atoms with Gasteiger partial charge < -0.3 is 46.8 Å². The number of nitrogens with zero attached hydrogens (tertiary/aromatic N) is 1. The first-order chi connectivity index (χ1) is 32.8. The first kappa shape index (κ1) is 48.5. The highest BCUT2D eigenvalue weighted by molar-refractivity contribution is 8.76. The number of carbonyl (C=O) groups is 1. The third-order valence-corrected chi connectivity index (χ3v) is 18.5. The molecule has 3 fully saturated rings. The van der Waals surface area contributed by atoms with E-state index in [9.17, 15) is 35.4 Å². The molecular formula is C55H64N3O8S2-. The normalized spacial score (nSPS) is 28.1. The third-order valence-electron chi connectivity index (χ3n) is 16.0. The number of ether oxygens (including phenoxy) is 1. The van der Waals surface area contributed by atoms with Crippen LogP contribution in [0.25, 0.3) is 0 Å².